The van der Waals surface area contributed by atoms with Gasteiger partial charge in [-0.1, -0.05) is 42.5 Å². The standard InChI is InChI=1S/C20H15NO/c1-13-10-17-15-7-3-4-8-16(15)18(19(17)12-21-13)11-14-6-2-5-9-20(14)22/h2-12,22H,1H3. The van der Waals surface area contributed by atoms with Crippen molar-refractivity contribution in [3.63, 3.8) is 0 Å². The number of fused-ring (bicyclic) bond motifs is 3. The van der Waals surface area contributed by atoms with Gasteiger partial charge in [0.15, 0.2) is 0 Å². The second kappa shape index (κ2) is 4.85. The molecule has 0 atom stereocenters. The van der Waals surface area contributed by atoms with Crippen LogP contribution in [0.3, 0.4) is 0 Å². The summed E-state index contributed by atoms with van der Waals surface area (Å²) in [6.45, 7) is 2.01. The van der Waals surface area contributed by atoms with Gasteiger partial charge in [0.1, 0.15) is 5.75 Å². The van der Waals surface area contributed by atoms with E-state index in [0.717, 1.165) is 22.4 Å². The van der Waals surface area contributed by atoms with Gasteiger partial charge in [0, 0.05) is 23.0 Å². The summed E-state index contributed by atoms with van der Waals surface area (Å²) >= 11 is 0. The number of nitrogens with zero attached hydrogens (tertiary/aromatic N) is 1. The van der Waals surface area contributed by atoms with Gasteiger partial charge in [0.05, 0.1) is 0 Å². The third-order valence-electron chi connectivity index (χ3n) is 4.07. The molecule has 0 fully saturated rings. The molecule has 0 saturated carbocycles. The Morgan fingerprint density at radius 3 is 2.41 bits per heavy atom. The number of pyridine rings is 1. The third kappa shape index (κ3) is 1.92. The minimum Gasteiger partial charge on any atom is -0.507 e. The van der Waals surface area contributed by atoms with Crippen molar-refractivity contribution in [2.24, 2.45) is 0 Å². The van der Waals surface area contributed by atoms with Crippen LogP contribution in [-0.4, -0.2) is 10.1 Å². The normalized spacial score (nSPS) is 14.0. The first-order chi connectivity index (χ1) is 10.7. The zero-order valence-electron chi connectivity index (χ0n) is 12.2. The maximum absolute atomic E-state index is 10.1. The number of aromatic hydroxyl groups is 1. The van der Waals surface area contributed by atoms with Crippen molar-refractivity contribution < 1.29 is 5.11 Å². The molecule has 2 heteroatoms. The Bertz CT molecular complexity index is 909. The molecular weight excluding hydrogens is 270 g/mol. The molecule has 1 aromatic heterocycles. The highest BCUT2D eigenvalue weighted by Crippen LogP contribution is 2.45. The van der Waals surface area contributed by atoms with Crippen LogP contribution in [0, 0.1) is 6.92 Å². The van der Waals surface area contributed by atoms with Gasteiger partial charge < -0.3 is 5.11 Å². The minimum absolute atomic E-state index is 0.293. The van der Waals surface area contributed by atoms with E-state index in [-0.39, 0.29) is 0 Å². The summed E-state index contributed by atoms with van der Waals surface area (Å²) in [5, 5.41) is 10.1. The lowest BCUT2D eigenvalue weighted by atomic mass is 10.0. The molecule has 22 heavy (non-hydrogen) atoms. The third-order valence-corrected chi connectivity index (χ3v) is 4.07. The smallest absolute Gasteiger partial charge is 0.122 e. The van der Waals surface area contributed by atoms with E-state index in [1.807, 2.05) is 43.5 Å². The van der Waals surface area contributed by atoms with Crippen molar-refractivity contribution in [2.75, 3.05) is 0 Å². The lowest BCUT2D eigenvalue weighted by Gasteiger charge is -2.04. The molecule has 0 unspecified atom stereocenters. The van der Waals surface area contributed by atoms with Gasteiger partial charge in [-0.2, -0.15) is 0 Å². The van der Waals surface area contributed by atoms with Gasteiger partial charge in [-0.05, 0) is 47.4 Å². The summed E-state index contributed by atoms with van der Waals surface area (Å²) in [6, 6.07) is 17.9. The molecule has 0 radical (unpaired) electrons. The summed E-state index contributed by atoms with van der Waals surface area (Å²) in [4.78, 5) is 4.44. The molecule has 2 nitrogen and oxygen atoms in total. The molecule has 4 rings (SSSR count). The van der Waals surface area contributed by atoms with E-state index in [1.165, 1.54) is 16.7 Å². The monoisotopic (exact) mass is 285 g/mol. The molecule has 2 aromatic carbocycles. The van der Waals surface area contributed by atoms with Gasteiger partial charge in [-0.25, -0.2) is 0 Å². The summed E-state index contributed by atoms with van der Waals surface area (Å²) in [6.07, 6.45) is 3.97. The van der Waals surface area contributed by atoms with Crippen molar-refractivity contribution in [1.29, 1.82) is 0 Å². The number of phenolic OH excluding ortho intramolecular Hbond substituents is 1. The Labute approximate surface area is 129 Å². The number of phenols is 1. The Morgan fingerprint density at radius 2 is 1.59 bits per heavy atom. The number of aryl methyl sites for hydroxylation is 1. The zero-order chi connectivity index (χ0) is 15.1. The Morgan fingerprint density at radius 1 is 0.864 bits per heavy atom. The zero-order valence-corrected chi connectivity index (χ0v) is 12.2. The van der Waals surface area contributed by atoms with Gasteiger partial charge in [0.2, 0.25) is 0 Å². The van der Waals surface area contributed by atoms with Crippen LogP contribution in [0.1, 0.15) is 22.4 Å². The van der Waals surface area contributed by atoms with Crippen LogP contribution >= 0.6 is 0 Å². The van der Waals surface area contributed by atoms with Crippen molar-refractivity contribution in [3.8, 4) is 16.9 Å². The van der Waals surface area contributed by atoms with Crippen LogP contribution in [0.15, 0.2) is 60.8 Å². The fraction of sp³-hybridized carbons (Fsp3) is 0.0500. The molecular formula is C20H15NO. The predicted octanol–water partition coefficient (Wildman–Crippen LogP) is 4.66. The lowest BCUT2D eigenvalue weighted by Crippen LogP contribution is -1.86. The van der Waals surface area contributed by atoms with Crippen LogP contribution in [0.2, 0.25) is 0 Å². The highest BCUT2D eigenvalue weighted by Gasteiger charge is 2.23. The fourth-order valence-corrected chi connectivity index (χ4v) is 3.02. The van der Waals surface area contributed by atoms with Crippen molar-refractivity contribution in [2.45, 2.75) is 6.92 Å². The van der Waals surface area contributed by atoms with E-state index < -0.39 is 0 Å². The van der Waals surface area contributed by atoms with E-state index in [4.69, 9.17) is 0 Å². The van der Waals surface area contributed by atoms with Crippen LogP contribution in [0.5, 0.6) is 5.75 Å². The number of benzene rings is 2. The largest absolute Gasteiger partial charge is 0.507 e. The SMILES string of the molecule is Cc1cc2c(cn1)C(=Cc1ccccc1O)c1ccccc1-2. The maximum Gasteiger partial charge on any atom is 0.122 e. The summed E-state index contributed by atoms with van der Waals surface area (Å²) in [5.41, 5.74) is 7.69. The van der Waals surface area contributed by atoms with Crippen LogP contribution < -0.4 is 0 Å². The van der Waals surface area contributed by atoms with Crippen LogP contribution in [-0.2, 0) is 0 Å². The quantitative estimate of drug-likeness (QED) is 0.551. The van der Waals surface area contributed by atoms with Gasteiger partial charge in [-0.3, -0.25) is 4.98 Å². The van der Waals surface area contributed by atoms with Crippen molar-refractivity contribution >= 4 is 11.6 Å². The van der Waals surface area contributed by atoms with Crippen molar-refractivity contribution in [3.05, 3.63) is 83.2 Å². The predicted molar refractivity (Wildman–Crippen MR) is 89.5 cm³/mol. The highest BCUT2D eigenvalue weighted by atomic mass is 16.3. The number of rotatable bonds is 1. The second-order valence-electron chi connectivity index (χ2n) is 5.53. The Balaban J connectivity index is 2.00. The molecule has 0 bridgehead atoms. The van der Waals surface area contributed by atoms with Gasteiger partial charge in [-0.15, -0.1) is 0 Å². The van der Waals surface area contributed by atoms with E-state index in [1.54, 1.807) is 6.07 Å². The average Bonchev–Trinajstić information content (AvgIpc) is 2.83. The number of hydrogen-bond acceptors (Lipinski definition) is 2. The second-order valence-corrected chi connectivity index (χ2v) is 5.53. The highest BCUT2D eigenvalue weighted by molar-refractivity contribution is 6.06. The topological polar surface area (TPSA) is 33.1 Å². The van der Waals surface area contributed by atoms with E-state index >= 15 is 0 Å². The van der Waals surface area contributed by atoms with E-state index in [9.17, 15) is 5.11 Å². The van der Waals surface area contributed by atoms with E-state index in [2.05, 4.69) is 29.2 Å². The molecule has 0 aliphatic heterocycles. The summed E-state index contributed by atoms with van der Waals surface area (Å²) < 4.78 is 0. The Hall–Kier alpha value is -2.87. The molecule has 1 heterocycles. The molecule has 1 aliphatic carbocycles. The number of para-hydroxylation sites is 1. The summed E-state index contributed by atoms with van der Waals surface area (Å²) in [7, 11) is 0. The molecule has 0 amide bonds. The number of aromatic nitrogens is 1. The van der Waals surface area contributed by atoms with E-state index in [0.29, 0.717) is 5.75 Å². The maximum atomic E-state index is 10.1. The molecule has 0 spiro atoms. The Kier molecular flexibility index (Phi) is 2.83. The molecule has 1 N–H and O–H groups in total. The lowest BCUT2D eigenvalue weighted by molar-refractivity contribution is 0.474. The first-order valence-corrected chi connectivity index (χ1v) is 7.30. The first kappa shape index (κ1) is 12.8. The molecule has 0 saturated heterocycles. The van der Waals surface area contributed by atoms with Crippen LogP contribution in [0.25, 0.3) is 22.8 Å². The van der Waals surface area contributed by atoms with Gasteiger partial charge in [0.25, 0.3) is 0 Å². The van der Waals surface area contributed by atoms with Crippen molar-refractivity contribution in [1.82, 2.24) is 4.98 Å². The average molecular weight is 285 g/mol. The fourth-order valence-electron chi connectivity index (χ4n) is 3.02. The number of hydrogen-bond donors (Lipinski definition) is 1. The molecule has 1 aliphatic rings. The molecule has 3 aromatic rings. The first-order valence-electron chi connectivity index (χ1n) is 7.30. The van der Waals surface area contributed by atoms with Gasteiger partial charge >= 0.3 is 0 Å². The summed E-state index contributed by atoms with van der Waals surface area (Å²) in [5.74, 6) is 0.293. The minimum atomic E-state index is 0.293. The van der Waals surface area contributed by atoms with Crippen LogP contribution in [0.4, 0.5) is 0 Å². The molecule has 106 valence electrons.